The van der Waals surface area contributed by atoms with Crippen LogP contribution in [0, 0.1) is 5.82 Å². The first-order chi connectivity index (χ1) is 14.4. The third-order valence-corrected chi connectivity index (χ3v) is 4.65. The molecule has 2 aromatic carbocycles. The minimum Gasteiger partial charge on any atom is -0.467 e. The number of hydrogen-bond acceptors (Lipinski definition) is 4. The molecule has 2 rings (SSSR count). The van der Waals surface area contributed by atoms with Crippen LogP contribution in [0.2, 0.25) is 0 Å². The first-order valence-electron chi connectivity index (χ1n) is 9.82. The number of esters is 1. The van der Waals surface area contributed by atoms with Gasteiger partial charge in [0.1, 0.15) is 17.9 Å². The van der Waals surface area contributed by atoms with Crippen molar-refractivity contribution in [3.05, 3.63) is 71.5 Å². The standard InChI is InChI=1S/C23H27FN2O4/c1-16(27)25-21(15-18-11-13-19(24)14-12-18)22(28)26-20(23(29)30-2)10-6-9-17-7-4-3-5-8-17/h3-5,7-8,11-14,20-21H,6,9-10,15H2,1-2H3,(H,25,27)(H,26,28)/t20-,21-/m0/s1. The number of benzene rings is 2. The third kappa shape index (κ3) is 7.66. The van der Waals surface area contributed by atoms with Gasteiger partial charge in [0.15, 0.2) is 0 Å². The van der Waals surface area contributed by atoms with Crippen molar-refractivity contribution < 1.29 is 23.5 Å². The molecule has 30 heavy (non-hydrogen) atoms. The second-order valence-corrected chi connectivity index (χ2v) is 7.05. The van der Waals surface area contributed by atoms with Crippen LogP contribution in [0.15, 0.2) is 54.6 Å². The van der Waals surface area contributed by atoms with Gasteiger partial charge in [-0.3, -0.25) is 9.59 Å². The molecule has 2 N–H and O–H groups in total. The minimum absolute atomic E-state index is 0.170. The maximum absolute atomic E-state index is 13.1. The van der Waals surface area contributed by atoms with E-state index in [1.165, 1.54) is 26.2 Å². The SMILES string of the molecule is COC(=O)[C@H](CCCc1ccccc1)NC(=O)[C@H](Cc1ccc(F)cc1)NC(C)=O. The molecule has 0 unspecified atom stereocenters. The number of carbonyl (C=O) groups is 3. The Balaban J connectivity index is 2.02. The molecule has 0 fully saturated rings. The van der Waals surface area contributed by atoms with E-state index >= 15 is 0 Å². The lowest BCUT2D eigenvalue weighted by Gasteiger charge is -2.22. The van der Waals surface area contributed by atoms with Crippen molar-refractivity contribution in [3.8, 4) is 0 Å². The predicted octanol–water partition coefficient (Wildman–Crippen LogP) is 2.55. The molecule has 160 valence electrons. The van der Waals surface area contributed by atoms with Crippen LogP contribution in [0.5, 0.6) is 0 Å². The Morgan fingerprint density at radius 2 is 1.60 bits per heavy atom. The number of nitrogens with one attached hydrogen (secondary N) is 2. The van der Waals surface area contributed by atoms with Gasteiger partial charge in [-0.05, 0) is 42.5 Å². The second-order valence-electron chi connectivity index (χ2n) is 7.05. The summed E-state index contributed by atoms with van der Waals surface area (Å²) >= 11 is 0. The van der Waals surface area contributed by atoms with E-state index in [0.29, 0.717) is 18.4 Å². The Bertz CT molecular complexity index is 840. The molecule has 0 aliphatic heterocycles. The fourth-order valence-electron chi connectivity index (χ4n) is 3.13. The molecule has 6 nitrogen and oxygen atoms in total. The highest BCUT2D eigenvalue weighted by Crippen LogP contribution is 2.10. The smallest absolute Gasteiger partial charge is 0.328 e. The highest BCUT2D eigenvalue weighted by molar-refractivity contribution is 5.90. The molecule has 2 atom stereocenters. The van der Waals surface area contributed by atoms with E-state index in [1.54, 1.807) is 12.1 Å². The maximum atomic E-state index is 13.1. The molecule has 0 aliphatic rings. The van der Waals surface area contributed by atoms with Crippen molar-refractivity contribution in [1.29, 1.82) is 0 Å². The zero-order valence-electron chi connectivity index (χ0n) is 17.2. The van der Waals surface area contributed by atoms with E-state index in [0.717, 1.165) is 12.0 Å². The van der Waals surface area contributed by atoms with Crippen LogP contribution in [0.25, 0.3) is 0 Å². The van der Waals surface area contributed by atoms with Crippen molar-refractivity contribution in [3.63, 3.8) is 0 Å². The van der Waals surface area contributed by atoms with Gasteiger partial charge in [-0.15, -0.1) is 0 Å². The van der Waals surface area contributed by atoms with Gasteiger partial charge in [0.05, 0.1) is 7.11 Å². The number of methoxy groups -OCH3 is 1. The van der Waals surface area contributed by atoms with E-state index in [9.17, 15) is 18.8 Å². The van der Waals surface area contributed by atoms with Crippen LogP contribution in [0.3, 0.4) is 0 Å². The van der Waals surface area contributed by atoms with Gasteiger partial charge in [-0.25, -0.2) is 9.18 Å². The van der Waals surface area contributed by atoms with Gasteiger partial charge in [0.25, 0.3) is 0 Å². The number of amides is 2. The molecule has 2 amide bonds. The Hall–Kier alpha value is -3.22. The Kier molecular flexibility index (Phi) is 9.00. The molecule has 0 heterocycles. The van der Waals surface area contributed by atoms with E-state index in [-0.39, 0.29) is 18.1 Å². The van der Waals surface area contributed by atoms with Crippen LogP contribution in [0.4, 0.5) is 4.39 Å². The predicted molar refractivity (Wildman–Crippen MR) is 111 cm³/mol. The number of carbonyl (C=O) groups excluding carboxylic acids is 3. The van der Waals surface area contributed by atoms with Gasteiger partial charge in [0.2, 0.25) is 11.8 Å². The molecule has 0 aliphatic carbocycles. The topological polar surface area (TPSA) is 84.5 Å². The molecule has 0 spiro atoms. The molecule has 2 aromatic rings. The molecular weight excluding hydrogens is 387 g/mol. The zero-order valence-corrected chi connectivity index (χ0v) is 17.2. The first kappa shape index (κ1) is 23.1. The van der Waals surface area contributed by atoms with Crippen molar-refractivity contribution in [2.75, 3.05) is 7.11 Å². The van der Waals surface area contributed by atoms with Crippen LogP contribution < -0.4 is 10.6 Å². The molecule has 0 bridgehead atoms. The molecule has 7 heteroatoms. The summed E-state index contributed by atoms with van der Waals surface area (Å²) in [7, 11) is 1.27. The quantitative estimate of drug-likeness (QED) is 0.585. The average molecular weight is 414 g/mol. The van der Waals surface area contributed by atoms with Gasteiger partial charge >= 0.3 is 5.97 Å². The summed E-state index contributed by atoms with van der Waals surface area (Å²) in [5.74, 6) is -1.80. The average Bonchev–Trinajstić information content (AvgIpc) is 2.74. The van der Waals surface area contributed by atoms with Crippen LogP contribution >= 0.6 is 0 Å². The summed E-state index contributed by atoms with van der Waals surface area (Å²) < 4.78 is 18.0. The Morgan fingerprint density at radius 1 is 0.933 bits per heavy atom. The van der Waals surface area contributed by atoms with Gasteiger partial charge < -0.3 is 15.4 Å². The number of ether oxygens (including phenoxy) is 1. The Morgan fingerprint density at radius 3 is 2.20 bits per heavy atom. The number of halogens is 1. The monoisotopic (exact) mass is 414 g/mol. The summed E-state index contributed by atoms with van der Waals surface area (Å²) in [4.78, 5) is 36.5. The van der Waals surface area contributed by atoms with Gasteiger partial charge in [-0.1, -0.05) is 42.5 Å². The lowest BCUT2D eigenvalue weighted by molar-refractivity contribution is -0.145. The third-order valence-electron chi connectivity index (χ3n) is 4.65. The highest BCUT2D eigenvalue weighted by atomic mass is 19.1. The van der Waals surface area contributed by atoms with Crippen molar-refractivity contribution in [2.45, 2.75) is 44.7 Å². The zero-order chi connectivity index (χ0) is 21.9. The van der Waals surface area contributed by atoms with E-state index < -0.39 is 24.0 Å². The molecule has 0 aromatic heterocycles. The lowest BCUT2D eigenvalue weighted by Crippen LogP contribution is -2.52. The molecule has 0 saturated carbocycles. The van der Waals surface area contributed by atoms with Gasteiger partial charge in [-0.2, -0.15) is 0 Å². The fraction of sp³-hybridized carbons (Fsp3) is 0.348. The van der Waals surface area contributed by atoms with Crippen molar-refractivity contribution in [2.24, 2.45) is 0 Å². The van der Waals surface area contributed by atoms with Crippen LogP contribution in [0.1, 0.15) is 30.9 Å². The fourth-order valence-corrected chi connectivity index (χ4v) is 3.13. The first-order valence-corrected chi connectivity index (χ1v) is 9.82. The van der Waals surface area contributed by atoms with E-state index in [2.05, 4.69) is 10.6 Å². The summed E-state index contributed by atoms with van der Waals surface area (Å²) in [5.41, 5.74) is 1.82. The number of rotatable bonds is 10. The lowest BCUT2D eigenvalue weighted by atomic mass is 10.0. The Labute approximate surface area is 175 Å². The maximum Gasteiger partial charge on any atom is 0.328 e. The minimum atomic E-state index is -0.894. The summed E-state index contributed by atoms with van der Waals surface area (Å²) in [6, 6.07) is 13.8. The van der Waals surface area contributed by atoms with Crippen LogP contribution in [-0.4, -0.2) is 37.0 Å². The summed E-state index contributed by atoms with van der Waals surface area (Å²) in [5, 5.41) is 5.28. The normalized spacial score (nSPS) is 12.5. The van der Waals surface area contributed by atoms with E-state index in [1.807, 2.05) is 30.3 Å². The second kappa shape index (κ2) is 11.7. The van der Waals surface area contributed by atoms with Crippen molar-refractivity contribution in [1.82, 2.24) is 10.6 Å². The largest absolute Gasteiger partial charge is 0.467 e. The molecule has 0 radical (unpaired) electrons. The summed E-state index contributed by atoms with van der Waals surface area (Å²) in [6.45, 7) is 1.31. The van der Waals surface area contributed by atoms with E-state index in [4.69, 9.17) is 4.74 Å². The number of aryl methyl sites for hydroxylation is 1. The summed E-state index contributed by atoms with van der Waals surface area (Å²) in [6.07, 6.45) is 2.00. The van der Waals surface area contributed by atoms with Crippen molar-refractivity contribution >= 4 is 17.8 Å². The highest BCUT2D eigenvalue weighted by Gasteiger charge is 2.26. The van der Waals surface area contributed by atoms with Gasteiger partial charge in [0, 0.05) is 13.3 Å². The van der Waals surface area contributed by atoms with Crippen LogP contribution in [-0.2, 0) is 32.0 Å². The molecule has 0 saturated heterocycles. The number of hydrogen-bond donors (Lipinski definition) is 2. The molecular formula is C23H27FN2O4.